The van der Waals surface area contributed by atoms with Crippen molar-refractivity contribution in [1.82, 2.24) is 0 Å². The SMILES string of the molecule is CCN1C(=O)Cc2cc(NC(=O)c3cccc(C)c3)ccc21. The van der Waals surface area contributed by atoms with Crippen molar-refractivity contribution in [2.75, 3.05) is 16.8 Å². The number of anilines is 2. The highest BCUT2D eigenvalue weighted by atomic mass is 16.2. The molecule has 0 saturated heterocycles. The average molecular weight is 294 g/mol. The number of nitrogens with one attached hydrogen (secondary N) is 1. The lowest BCUT2D eigenvalue weighted by atomic mass is 10.1. The molecule has 1 N–H and O–H groups in total. The van der Waals surface area contributed by atoms with Gasteiger partial charge in [0.25, 0.3) is 5.91 Å². The fourth-order valence-electron chi connectivity index (χ4n) is 2.80. The Morgan fingerprint density at radius 1 is 1.23 bits per heavy atom. The normalized spacial score (nSPS) is 13.2. The van der Waals surface area contributed by atoms with Gasteiger partial charge in [0.2, 0.25) is 5.91 Å². The van der Waals surface area contributed by atoms with Crippen molar-refractivity contribution in [3.05, 3.63) is 59.2 Å². The van der Waals surface area contributed by atoms with Gasteiger partial charge in [0.1, 0.15) is 0 Å². The number of fused-ring (bicyclic) bond motifs is 1. The molecule has 1 heterocycles. The Morgan fingerprint density at radius 2 is 2.05 bits per heavy atom. The van der Waals surface area contributed by atoms with Gasteiger partial charge in [0.05, 0.1) is 6.42 Å². The minimum Gasteiger partial charge on any atom is -0.322 e. The summed E-state index contributed by atoms with van der Waals surface area (Å²) >= 11 is 0. The molecule has 0 atom stereocenters. The lowest BCUT2D eigenvalue weighted by Crippen LogP contribution is -2.25. The molecule has 112 valence electrons. The van der Waals surface area contributed by atoms with Gasteiger partial charge in [-0.25, -0.2) is 0 Å². The van der Waals surface area contributed by atoms with E-state index in [9.17, 15) is 9.59 Å². The number of rotatable bonds is 3. The molecule has 4 heteroatoms. The monoisotopic (exact) mass is 294 g/mol. The Balaban J connectivity index is 1.82. The first-order valence-electron chi connectivity index (χ1n) is 7.40. The molecule has 0 aliphatic carbocycles. The molecule has 2 amide bonds. The summed E-state index contributed by atoms with van der Waals surface area (Å²) < 4.78 is 0. The van der Waals surface area contributed by atoms with Crippen LogP contribution in [0.25, 0.3) is 0 Å². The Morgan fingerprint density at radius 3 is 2.77 bits per heavy atom. The molecular formula is C18H18N2O2. The smallest absolute Gasteiger partial charge is 0.255 e. The predicted molar refractivity (Wildman–Crippen MR) is 87.3 cm³/mol. The van der Waals surface area contributed by atoms with E-state index in [4.69, 9.17) is 0 Å². The quantitative estimate of drug-likeness (QED) is 0.945. The van der Waals surface area contributed by atoms with Gasteiger partial charge in [-0.3, -0.25) is 9.59 Å². The topological polar surface area (TPSA) is 49.4 Å². The van der Waals surface area contributed by atoms with Crippen LogP contribution in [0.3, 0.4) is 0 Å². The number of amides is 2. The molecule has 0 fully saturated rings. The van der Waals surface area contributed by atoms with Crippen LogP contribution in [-0.4, -0.2) is 18.4 Å². The molecule has 22 heavy (non-hydrogen) atoms. The number of likely N-dealkylation sites (N-methyl/N-ethyl adjacent to an activating group) is 1. The van der Waals surface area contributed by atoms with Crippen molar-refractivity contribution in [3.63, 3.8) is 0 Å². The van der Waals surface area contributed by atoms with Crippen LogP contribution in [0.5, 0.6) is 0 Å². The van der Waals surface area contributed by atoms with Gasteiger partial charge in [0, 0.05) is 23.5 Å². The maximum atomic E-state index is 12.3. The van der Waals surface area contributed by atoms with Gasteiger partial charge in [0.15, 0.2) is 0 Å². The van der Waals surface area contributed by atoms with E-state index in [1.807, 2.05) is 50.2 Å². The van der Waals surface area contributed by atoms with E-state index in [2.05, 4.69) is 5.32 Å². The lowest BCUT2D eigenvalue weighted by Gasteiger charge is -2.15. The van der Waals surface area contributed by atoms with Crippen LogP contribution in [0.15, 0.2) is 42.5 Å². The molecule has 0 bridgehead atoms. The molecule has 2 aromatic carbocycles. The number of carbonyl (C=O) groups is 2. The summed E-state index contributed by atoms with van der Waals surface area (Å²) in [4.78, 5) is 25.9. The van der Waals surface area contributed by atoms with Gasteiger partial charge >= 0.3 is 0 Å². The summed E-state index contributed by atoms with van der Waals surface area (Å²) in [5, 5.41) is 2.89. The third-order valence-electron chi connectivity index (χ3n) is 3.87. The fraction of sp³-hybridized carbons (Fsp3) is 0.222. The van der Waals surface area contributed by atoms with Crippen LogP contribution in [0.1, 0.15) is 28.4 Å². The van der Waals surface area contributed by atoms with E-state index in [0.717, 1.165) is 22.5 Å². The molecule has 0 spiro atoms. The molecule has 1 aliphatic rings. The zero-order chi connectivity index (χ0) is 15.7. The van der Waals surface area contributed by atoms with Crippen LogP contribution in [0.2, 0.25) is 0 Å². The van der Waals surface area contributed by atoms with Crippen LogP contribution >= 0.6 is 0 Å². The van der Waals surface area contributed by atoms with E-state index in [1.54, 1.807) is 11.0 Å². The highest BCUT2D eigenvalue weighted by Crippen LogP contribution is 2.31. The van der Waals surface area contributed by atoms with Crippen molar-refractivity contribution in [3.8, 4) is 0 Å². The van der Waals surface area contributed by atoms with Crippen molar-refractivity contribution in [2.24, 2.45) is 0 Å². The summed E-state index contributed by atoms with van der Waals surface area (Å²) in [6.45, 7) is 4.58. The second-order valence-corrected chi connectivity index (χ2v) is 5.48. The number of carbonyl (C=O) groups excluding carboxylic acids is 2. The van der Waals surface area contributed by atoms with Crippen LogP contribution in [0, 0.1) is 6.92 Å². The first-order valence-corrected chi connectivity index (χ1v) is 7.40. The Kier molecular flexibility index (Phi) is 3.67. The van der Waals surface area contributed by atoms with Gasteiger partial charge in [-0.2, -0.15) is 0 Å². The van der Waals surface area contributed by atoms with Crippen LogP contribution in [-0.2, 0) is 11.2 Å². The molecule has 1 aliphatic heterocycles. The number of aryl methyl sites for hydroxylation is 1. The van der Waals surface area contributed by atoms with Gasteiger partial charge in [-0.15, -0.1) is 0 Å². The second kappa shape index (κ2) is 5.64. The van der Waals surface area contributed by atoms with Gasteiger partial charge in [-0.05, 0) is 49.7 Å². The van der Waals surface area contributed by atoms with Crippen LogP contribution in [0.4, 0.5) is 11.4 Å². The number of hydrogen-bond acceptors (Lipinski definition) is 2. The van der Waals surface area contributed by atoms with Crippen molar-refractivity contribution >= 4 is 23.2 Å². The Labute approximate surface area is 129 Å². The van der Waals surface area contributed by atoms with Crippen molar-refractivity contribution in [2.45, 2.75) is 20.3 Å². The molecule has 0 unspecified atom stereocenters. The fourth-order valence-corrected chi connectivity index (χ4v) is 2.80. The first-order chi connectivity index (χ1) is 10.6. The second-order valence-electron chi connectivity index (χ2n) is 5.48. The van der Waals surface area contributed by atoms with E-state index in [-0.39, 0.29) is 11.8 Å². The predicted octanol–water partition coefficient (Wildman–Crippen LogP) is 3.16. The third-order valence-corrected chi connectivity index (χ3v) is 3.87. The Bertz CT molecular complexity index is 753. The molecule has 3 rings (SSSR count). The first kappa shape index (κ1) is 14.3. The summed E-state index contributed by atoms with van der Waals surface area (Å²) in [6, 6.07) is 13.1. The van der Waals surface area contributed by atoms with Crippen molar-refractivity contribution < 1.29 is 9.59 Å². The molecular weight excluding hydrogens is 276 g/mol. The number of hydrogen-bond donors (Lipinski definition) is 1. The standard InChI is InChI=1S/C18H18N2O2/c1-3-20-16-8-7-15(10-14(16)11-17(20)21)19-18(22)13-6-4-5-12(2)9-13/h4-10H,3,11H2,1-2H3,(H,19,22). The zero-order valence-corrected chi connectivity index (χ0v) is 12.7. The van der Waals surface area contributed by atoms with Gasteiger partial charge in [-0.1, -0.05) is 17.7 Å². The minimum atomic E-state index is -0.139. The summed E-state index contributed by atoms with van der Waals surface area (Å²) in [7, 11) is 0. The molecule has 0 saturated carbocycles. The number of benzene rings is 2. The molecule has 0 radical (unpaired) electrons. The van der Waals surface area contributed by atoms with E-state index >= 15 is 0 Å². The number of nitrogens with zero attached hydrogens (tertiary/aromatic N) is 1. The maximum Gasteiger partial charge on any atom is 0.255 e. The maximum absolute atomic E-state index is 12.3. The summed E-state index contributed by atoms with van der Waals surface area (Å²) in [5.74, 6) is -0.0278. The molecule has 4 nitrogen and oxygen atoms in total. The van der Waals surface area contributed by atoms with Crippen LogP contribution < -0.4 is 10.2 Å². The highest BCUT2D eigenvalue weighted by Gasteiger charge is 2.26. The zero-order valence-electron chi connectivity index (χ0n) is 12.7. The lowest BCUT2D eigenvalue weighted by molar-refractivity contribution is -0.117. The minimum absolute atomic E-state index is 0.111. The van der Waals surface area contributed by atoms with E-state index in [0.29, 0.717) is 18.5 Å². The summed E-state index contributed by atoms with van der Waals surface area (Å²) in [5.41, 5.74) is 4.31. The van der Waals surface area contributed by atoms with Crippen molar-refractivity contribution in [1.29, 1.82) is 0 Å². The van der Waals surface area contributed by atoms with E-state index < -0.39 is 0 Å². The largest absolute Gasteiger partial charge is 0.322 e. The van der Waals surface area contributed by atoms with Gasteiger partial charge < -0.3 is 10.2 Å². The third kappa shape index (κ3) is 2.60. The average Bonchev–Trinajstić information content (AvgIpc) is 2.81. The summed E-state index contributed by atoms with van der Waals surface area (Å²) in [6.07, 6.45) is 0.400. The molecule has 0 aromatic heterocycles. The highest BCUT2D eigenvalue weighted by molar-refractivity contribution is 6.06. The van der Waals surface area contributed by atoms with E-state index in [1.165, 1.54) is 0 Å². The molecule has 2 aromatic rings. The Hall–Kier alpha value is -2.62.